The normalized spacial score (nSPS) is 10.8. The van der Waals surface area contributed by atoms with Crippen LogP contribution in [0.3, 0.4) is 0 Å². The van der Waals surface area contributed by atoms with Crippen molar-refractivity contribution in [1.29, 1.82) is 0 Å². The Morgan fingerprint density at radius 1 is 0.268 bits per heavy atom. The highest BCUT2D eigenvalue weighted by molar-refractivity contribution is 5.80. The molecule has 0 spiro atoms. The maximum absolute atomic E-state index is 2.31. The fourth-order valence-electron chi connectivity index (χ4n) is 5.16. The molecular formula is C39H34N2. The van der Waals surface area contributed by atoms with Gasteiger partial charge in [-0.2, -0.15) is 0 Å². The van der Waals surface area contributed by atoms with Crippen molar-refractivity contribution in [1.82, 2.24) is 0 Å². The molecule has 0 aliphatic heterocycles. The van der Waals surface area contributed by atoms with Crippen LogP contribution in [-0.2, 0) is 0 Å². The van der Waals surface area contributed by atoms with Gasteiger partial charge in [-0.1, -0.05) is 95.6 Å². The Morgan fingerprint density at radius 3 is 0.805 bits per heavy atom. The second-order valence-corrected chi connectivity index (χ2v) is 10.6. The highest BCUT2D eigenvalue weighted by atomic mass is 15.1. The van der Waals surface area contributed by atoms with Crippen molar-refractivity contribution < 1.29 is 0 Å². The van der Waals surface area contributed by atoms with Crippen molar-refractivity contribution in [2.24, 2.45) is 0 Å². The quantitative estimate of drug-likeness (QED) is 0.202. The molecule has 2 heteroatoms. The van der Waals surface area contributed by atoms with Gasteiger partial charge in [-0.25, -0.2) is 0 Å². The lowest BCUT2D eigenvalue weighted by Crippen LogP contribution is -2.10. The predicted octanol–water partition coefficient (Wildman–Crippen LogP) is 11.2. The Bertz CT molecular complexity index is 1660. The van der Waals surface area contributed by atoms with E-state index in [4.69, 9.17) is 0 Å². The van der Waals surface area contributed by atoms with E-state index in [-0.39, 0.29) is 0 Å². The first kappa shape index (κ1) is 26.2. The van der Waals surface area contributed by atoms with Crippen molar-refractivity contribution >= 4 is 34.1 Å². The molecule has 0 unspecified atom stereocenters. The molecule has 0 aromatic heterocycles. The summed E-state index contributed by atoms with van der Waals surface area (Å²) in [5.74, 6) is 0. The topological polar surface area (TPSA) is 6.48 Å². The third-order valence-corrected chi connectivity index (χ3v) is 7.48. The Hall–Kier alpha value is -5.08. The molecule has 0 fully saturated rings. The van der Waals surface area contributed by atoms with Crippen molar-refractivity contribution in [2.45, 2.75) is 20.8 Å². The molecule has 0 amide bonds. The van der Waals surface area contributed by atoms with E-state index in [1.165, 1.54) is 27.8 Å². The van der Waals surface area contributed by atoms with Gasteiger partial charge < -0.3 is 9.80 Å². The monoisotopic (exact) mass is 530 g/mol. The molecule has 6 aromatic carbocycles. The third kappa shape index (κ3) is 5.78. The van der Waals surface area contributed by atoms with E-state index in [9.17, 15) is 0 Å². The van der Waals surface area contributed by atoms with Crippen LogP contribution in [0.4, 0.5) is 34.1 Å². The number of nitrogens with zero attached hydrogens (tertiary/aromatic N) is 2. The highest BCUT2D eigenvalue weighted by Crippen LogP contribution is 2.38. The van der Waals surface area contributed by atoms with Crippen LogP contribution in [0.1, 0.15) is 16.7 Å². The summed E-state index contributed by atoms with van der Waals surface area (Å²) in [5, 5.41) is 0. The van der Waals surface area contributed by atoms with Gasteiger partial charge in [-0.05, 0) is 105 Å². The van der Waals surface area contributed by atoms with Crippen molar-refractivity contribution in [3.05, 3.63) is 168 Å². The van der Waals surface area contributed by atoms with Crippen LogP contribution < -0.4 is 9.80 Å². The Kier molecular flexibility index (Phi) is 7.38. The lowest BCUT2D eigenvalue weighted by molar-refractivity contribution is 1.27. The first-order valence-electron chi connectivity index (χ1n) is 14.1. The zero-order valence-electron chi connectivity index (χ0n) is 23.8. The van der Waals surface area contributed by atoms with Gasteiger partial charge in [0.15, 0.2) is 0 Å². The molecule has 41 heavy (non-hydrogen) atoms. The molecule has 0 saturated heterocycles. The molecule has 0 saturated carbocycles. The fraction of sp³-hybridized carbons (Fsp3) is 0.0769. The van der Waals surface area contributed by atoms with E-state index >= 15 is 0 Å². The summed E-state index contributed by atoms with van der Waals surface area (Å²) in [6, 6.07) is 54.4. The summed E-state index contributed by atoms with van der Waals surface area (Å²) >= 11 is 0. The SMILES string of the molecule is Cc1ccc(N(c2ccccc2)c2ccc(-c3ccc(N(c4ccc(C)cc4)c4ccc(C)cc4)cc3)cc2)cc1. The van der Waals surface area contributed by atoms with E-state index in [0.717, 1.165) is 34.1 Å². The minimum absolute atomic E-state index is 1.13. The molecule has 0 N–H and O–H groups in total. The summed E-state index contributed by atoms with van der Waals surface area (Å²) in [7, 11) is 0. The molecule has 0 heterocycles. The maximum atomic E-state index is 2.31. The van der Waals surface area contributed by atoms with E-state index in [0.29, 0.717) is 0 Å². The van der Waals surface area contributed by atoms with Crippen LogP contribution in [0.15, 0.2) is 152 Å². The molecule has 2 nitrogen and oxygen atoms in total. The summed E-state index contributed by atoms with van der Waals surface area (Å²) < 4.78 is 0. The number of hydrogen-bond acceptors (Lipinski definition) is 2. The smallest absolute Gasteiger partial charge is 0.0462 e. The van der Waals surface area contributed by atoms with Gasteiger partial charge in [0, 0.05) is 34.1 Å². The van der Waals surface area contributed by atoms with Crippen molar-refractivity contribution in [3.8, 4) is 11.1 Å². The minimum Gasteiger partial charge on any atom is -0.311 e. The first-order valence-corrected chi connectivity index (χ1v) is 14.1. The van der Waals surface area contributed by atoms with Crippen molar-refractivity contribution in [3.63, 3.8) is 0 Å². The number of rotatable bonds is 7. The van der Waals surface area contributed by atoms with Crippen LogP contribution in [0.5, 0.6) is 0 Å². The average molecular weight is 531 g/mol. The van der Waals surface area contributed by atoms with Crippen molar-refractivity contribution in [2.75, 3.05) is 9.80 Å². The molecule has 0 bridgehead atoms. The molecule has 200 valence electrons. The molecule has 6 aromatic rings. The predicted molar refractivity (Wildman–Crippen MR) is 175 cm³/mol. The fourth-order valence-corrected chi connectivity index (χ4v) is 5.16. The van der Waals surface area contributed by atoms with Crippen LogP contribution in [-0.4, -0.2) is 0 Å². The van der Waals surface area contributed by atoms with E-state index in [1.54, 1.807) is 0 Å². The van der Waals surface area contributed by atoms with Crippen LogP contribution in [0.25, 0.3) is 11.1 Å². The summed E-state index contributed by atoms with van der Waals surface area (Å²) in [5.41, 5.74) is 13.0. The largest absolute Gasteiger partial charge is 0.311 e. The van der Waals surface area contributed by atoms with E-state index in [1.807, 2.05) is 0 Å². The van der Waals surface area contributed by atoms with Gasteiger partial charge in [-0.15, -0.1) is 0 Å². The lowest BCUT2D eigenvalue weighted by atomic mass is 10.0. The minimum atomic E-state index is 1.13. The Balaban J connectivity index is 1.31. The van der Waals surface area contributed by atoms with Gasteiger partial charge in [0.1, 0.15) is 0 Å². The summed E-state index contributed by atoms with van der Waals surface area (Å²) in [6.07, 6.45) is 0. The van der Waals surface area contributed by atoms with E-state index < -0.39 is 0 Å². The Morgan fingerprint density at radius 2 is 0.512 bits per heavy atom. The number of anilines is 6. The van der Waals surface area contributed by atoms with Crippen LogP contribution in [0.2, 0.25) is 0 Å². The average Bonchev–Trinajstić information content (AvgIpc) is 3.02. The van der Waals surface area contributed by atoms with Gasteiger partial charge in [0.2, 0.25) is 0 Å². The molecular weight excluding hydrogens is 496 g/mol. The molecule has 6 rings (SSSR count). The second kappa shape index (κ2) is 11.6. The molecule has 0 atom stereocenters. The van der Waals surface area contributed by atoms with Crippen LogP contribution >= 0.6 is 0 Å². The lowest BCUT2D eigenvalue weighted by Gasteiger charge is -2.26. The van der Waals surface area contributed by atoms with Crippen LogP contribution in [0, 0.1) is 20.8 Å². The van der Waals surface area contributed by atoms with Gasteiger partial charge in [0.05, 0.1) is 0 Å². The first-order chi connectivity index (χ1) is 20.0. The molecule has 0 aliphatic carbocycles. The number of hydrogen-bond donors (Lipinski definition) is 0. The molecule has 0 radical (unpaired) electrons. The molecule has 0 aliphatic rings. The zero-order chi connectivity index (χ0) is 28.2. The standard InChI is InChI=1S/C39H34N2/c1-29-9-19-35(20-10-29)40(34-7-5-4-6-8-34)38-25-15-32(16-26-38)33-17-27-39(28-18-33)41(36-21-11-30(2)12-22-36)37-23-13-31(3)14-24-37/h4-28H,1-3H3. The van der Waals surface area contributed by atoms with E-state index in [2.05, 4.69) is 182 Å². The summed E-state index contributed by atoms with van der Waals surface area (Å²) in [6.45, 7) is 6.37. The third-order valence-electron chi connectivity index (χ3n) is 7.48. The number of aryl methyl sites for hydroxylation is 3. The maximum Gasteiger partial charge on any atom is 0.0462 e. The van der Waals surface area contributed by atoms with Gasteiger partial charge >= 0.3 is 0 Å². The van der Waals surface area contributed by atoms with Gasteiger partial charge in [-0.3, -0.25) is 0 Å². The Labute approximate surface area is 243 Å². The highest BCUT2D eigenvalue weighted by Gasteiger charge is 2.14. The number of benzene rings is 6. The second-order valence-electron chi connectivity index (χ2n) is 10.6. The summed E-state index contributed by atoms with van der Waals surface area (Å²) in [4.78, 5) is 4.61. The number of para-hydroxylation sites is 1. The van der Waals surface area contributed by atoms with Gasteiger partial charge in [0.25, 0.3) is 0 Å². The zero-order valence-corrected chi connectivity index (χ0v) is 23.8.